The molecule has 116 valence electrons. The lowest BCUT2D eigenvalue weighted by Crippen LogP contribution is -2.36. The lowest BCUT2D eigenvalue weighted by Gasteiger charge is -2.17. The van der Waals surface area contributed by atoms with Gasteiger partial charge in [-0.15, -0.1) is 6.58 Å². The van der Waals surface area contributed by atoms with E-state index >= 15 is 0 Å². The number of halogens is 1. The van der Waals surface area contributed by atoms with Crippen molar-refractivity contribution < 1.29 is 9.53 Å². The summed E-state index contributed by atoms with van der Waals surface area (Å²) in [6.07, 6.45) is 2.17. The third-order valence-electron chi connectivity index (χ3n) is 2.86. The Hall–Kier alpha value is -1.33. The number of carbonyl (C=O) groups is 1. The van der Waals surface area contributed by atoms with E-state index in [0.29, 0.717) is 13.1 Å². The molecule has 0 radical (unpaired) electrons. The smallest absolute Gasteiger partial charge is 0.261 e. The lowest BCUT2D eigenvalue weighted by molar-refractivity contribution is -0.127. The first-order chi connectivity index (χ1) is 10.1. The minimum atomic E-state index is -0.545. The molecule has 1 atom stereocenters. The molecule has 1 unspecified atom stereocenters. The van der Waals surface area contributed by atoms with Gasteiger partial charge in [-0.25, -0.2) is 0 Å². The summed E-state index contributed by atoms with van der Waals surface area (Å²) >= 11 is 3.46. The predicted octanol–water partition coefficient (Wildman–Crippen LogP) is 3.02. The van der Waals surface area contributed by atoms with Crippen LogP contribution in [-0.4, -0.2) is 25.1 Å². The van der Waals surface area contributed by atoms with Gasteiger partial charge in [-0.3, -0.25) is 4.79 Å². The highest BCUT2D eigenvalue weighted by Crippen LogP contribution is 2.24. The van der Waals surface area contributed by atoms with E-state index in [1.807, 2.05) is 18.2 Å². The average molecular weight is 355 g/mol. The second-order valence-electron chi connectivity index (χ2n) is 4.72. The molecule has 1 aromatic carbocycles. The Morgan fingerprint density at radius 3 is 2.95 bits per heavy atom. The van der Waals surface area contributed by atoms with Gasteiger partial charge >= 0.3 is 0 Å². The molecule has 0 aliphatic carbocycles. The maximum Gasteiger partial charge on any atom is 0.261 e. The van der Waals surface area contributed by atoms with Gasteiger partial charge in [0.1, 0.15) is 5.75 Å². The zero-order valence-electron chi connectivity index (χ0n) is 12.6. The number of hydrogen-bond donors (Lipinski definition) is 2. The minimum absolute atomic E-state index is 0.148. The monoisotopic (exact) mass is 354 g/mol. The van der Waals surface area contributed by atoms with Crippen LogP contribution in [0.1, 0.15) is 25.8 Å². The third kappa shape index (κ3) is 6.31. The molecule has 4 nitrogen and oxygen atoms in total. The molecule has 0 spiro atoms. The number of nitrogens with one attached hydrogen (secondary N) is 2. The minimum Gasteiger partial charge on any atom is -0.481 e. The molecule has 1 amide bonds. The van der Waals surface area contributed by atoms with Crippen LogP contribution >= 0.6 is 15.9 Å². The third-order valence-corrected chi connectivity index (χ3v) is 3.35. The van der Waals surface area contributed by atoms with Gasteiger partial charge in [-0.05, 0) is 38.1 Å². The fourth-order valence-corrected chi connectivity index (χ4v) is 2.17. The predicted molar refractivity (Wildman–Crippen MR) is 89.4 cm³/mol. The van der Waals surface area contributed by atoms with Gasteiger partial charge in [-0.1, -0.05) is 28.9 Å². The molecular formula is C16H23BrN2O2. The molecule has 0 saturated heterocycles. The molecule has 0 heterocycles. The Morgan fingerprint density at radius 2 is 2.29 bits per heavy atom. The van der Waals surface area contributed by atoms with Gasteiger partial charge in [0.15, 0.2) is 6.10 Å². The number of carbonyl (C=O) groups excluding carboxylic acids is 1. The summed E-state index contributed by atoms with van der Waals surface area (Å²) in [5.74, 6) is 0.577. The van der Waals surface area contributed by atoms with Gasteiger partial charge < -0.3 is 15.4 Å². The van der Waals surface area contributed by atoms with Gasteiger partial charge in [0.05, 0.1) is 0 Å². The van der Waals surface area contributed by atoms with E-state index in [0.717, 1.165) is 28.8 Å². The lowest BCUT2D eigenvalue weighted by atomic mass is 10.2. The van der Waals surface area contributed by atoms with E-state index in [1.54, 1.807) is 13.0 Å². The molecule has 0 aliphatic heterocycles. The van der Waals surface area contributed by atoms with Crippen LogP contribution in [0.5, 0.6) is 5.75 Å². The fraction of sp³-hybridized carbons (Fsp3) is 0.438. The van der Waals surface area contributed by atoms with E-state index in [4.69, 9.17) is 4.74 Å². The van der Waals surface area contributed by atoms with Crippen molar-refractivity contribution >= 4 is 21.8 Å². The summed E-state index contributed by atoms with van der Waals surface area (Å²) in [6, 6.07) is 5.80. The SMILES string of the molecule is C=CCNC(=O)C(C)Oc1ccc(Br)cc1CNCCC. The molecule has 0 bridgehead atoms. The van der Waals surface area contributed by atoms with Gasteiger partial charge in [0.2, 0.25) is 0 Å². The Morgan fingerprint density at radius 1 is 1.52 bits per heavy atom. The topological polar surface area (TPSA) is 50.4 Å². The van der Waals surface area contributed by atoms with Gasteiger partial charge in [-0.2, -0.15) is 0 Å². The van der Waals surface area contributed by atoms with Crippen LogP contribution in [-0.2, 0) is 11.3 Å². The first-order valence-corrected chi connectivity index (χ1v) is 7.92. The Kier molecular flexibility index (Phi) is 8.08. The zero-order chi connectivity index (χ0) is 15.7. The van der Waals surface area contributed by atoms with E-state index in [1.165, 1.54) is 0 Å². The summed E-state index contributed by atoms with van der Waals surface area (Å²) in [4.78, 5) is 11.8. The van der Waals surface area contributed by atoms with Crippen molar-refractivity contribution in [1.29, 1.82) is 0 Å². The molecule has 0 aromatic heterocycles. The van der Waals surface area contributed by atoms with Crippen molar-refractivity contribution in [1.82, 2.24) is 10.6 Å². The van der Waals surface area contributed by atoms with Crippen LogP contribution in [0.15, 0.2) is 35.3 Å². The van der Waals surface area contributed by atoms with E-state index in [-0.39, 0.29) is 5.91 Å². The number of benzene rings is 1. The van der Waals surface area contributed by atoms with Crippen LogP contribution in [0.2, 0.25) is 0 Å². The largest absolute Gasteiger partial charge is 0.481 e. The molecule has 0 aliphatic rings. The Bertz CT molecular complexity index is 477. The first kappa shape index (κ1) is 17.7. The van der Waals surface area contributed by atoms with Crippen LogP contribution < -0.4 is 15.4 Å². The van der Waals surface area contributed by atoms with Crippen LogP contribution in [0, 0.1) is 0 Å². The molecule has 5 heteroatoms. The van der Waals surface area contributed by atoms with Gasteiger partial charge in [0.25, 0.3) is 5.91 Å². The van der Waals surface area contributed by atoms with Crippen molar-refractivity contribution in [2.45, 2.75) is 32.9 Å². The summed E-state index contributed by atoms with van der Waals surface area (Å²) in [6.45, 7) is 9.53. The van der Waals surface area contributed by atoms with Crippen molar-refractivity contribution in [3.8, 4) is 5.75 Å². The molecule has 0 saturated carbocycles. The highest BCUT2D eigenvalue weighted by atomic mass is 79.9. The van der Waals surface area contributed by atoms with Crippen molar-refractivity contribution in [3.05, 3.63) is 40.9 Å². The van der Waals surface area contributed by atoms with Gasteiger partial charge in [0, 0.05) is 23.1 Å². The number of amides is 1. The number of rotatable bonds is 9. The molecular weight excluding hydrogens is 332 g/mol. The highest BCUT2D eigenvalue weighted by molar-refractivity contribution is 9.10. The van der Waals surface area contributed by atoms with E-state index in [9.17, 15) is 4.79 Å². The van der Waals surface area contributed by atoms with Crippen molar-refractivity contribution in [2.24, 2.45) is 0 Å². The molecule has 21 heavy (non-hydrogen) atoms. The summed E-state index contributed by atoms with van der Waals surface area (Å²) in [5, 5.41) is 6.07. The fourth-order valence-electron chi connectivity index (χ4n) is 1.76. The molecule has 1 aromatic rings. The zero-order valence-corrected chi connectivity index (χ0v) is 14.2. The second-order valence-corrected chi connectivity index (χ2v) is 5.64. The molecule has 1 rings (SSSR count). The van der Waals surface area contributed by atoms with Crippen molar-refractivity contribution in [3.63, 3.8) is 0 Å². The second kappa shape index (κ2) is 9.58. The van der Waals surface area contributed by atoms with Crippen LogP contribution in [0.4, 0.5) is 0 Å². The number of ether oxygens (including phenoxy) is 1. The highest BCUT2D eigenvalue weighted by Gasteiger charge is 2.15. The summed E-state index contributed by atoms with van der Waals surface area (Å²) in [5.41, 5.74) is 1.03. The maximum atomic E-state index is 11.8. The average Bonchev–Trinajstić information content (AvgIpc) is 2.47. The van der Waals surface area contributed by atoms with Crippen LogP contribution in [0.3, 0.4) is 0 Å². The molecule has 2 N–H and O–H groups in total. The Balaban J connectivity index is 2.72. The molecule has 0 fully saturated rings. The van der Waals surface area contributed by atoms with E-state index < -0.39 is 6.10 Å². The normalized spacial score (nSPS) is 11.8. The standard InChI is InChI=1S/C16H23BrN2O2/c1-4-8-18-11-13-10-14(17)6-7-15(13)21-12(3)16(20)19-9-5-2/h5-7,10,12,18H,2,4,8-9,11H2,1,3H3,(H,19,20). The van der Waals surface area contributed by atoms with Crippen LogP contribution in [0.25, 0.3) is 0 Å². The van der Waals surface area contributed by atoms with Crippen molar-refractivity contribution in [2.75, 3.05) is 13.1 Å². The summed E-state index contributed by atoms with van der Waals surface area (Å²) in [7, 11) is 0. The first-order valence-electron chi connectivity index (χ1n) is 7.12. The quantitative estimate of drug-likeness (QED) is 0.529. The van der Waals surface area contributed by atoms with E-state index in [2.05, 4.69) is 40.1 Å². The summed E-state index contributed by atoms with van der Waals surface area (Å²) < 4.78 is 6.78. The Labute approximate surface area is 135 Å². The maximum absolute atomic E-state index is 11.8. The number of hydrogen-bond acceptors (Lipinski definition) is 3.